The number of hydrogen-bond acceptors (Lipinski definition) is 8. The van der Waals surface area contributed by atoms with Crippen molar-refractivity contribution in [2.75, 3.05) is 24.0 Å². The van der Waals surface area contributed by atoms with E-state index in [1.54, 1.807) is 13.3 Å². The second-order valence-corrected chi connectivity index (χ2v) is 8.81. The molecule has 10 nitrogen and oxygen atoms in total. The molecule has 1 aliphatic heterocycles. The smallest absolute Gasteiger partial charge is 0.301 e. The number of rotatable bonds is 8. The highest BCUT2D eigenvalue weighted by Crippen LogP contribution is 2.45. The fraction of sp³-hybridized carbons (Fsp3) is 0.435. The molecule has 0 aromatic heterocycles. The summed E-state index contributed by atoms with van der Waals surface area (Å²) in [6.07, 6.45) is 3.58. The van der Waals surface area contributed by atoms with Crippen LogP contribution >= 0.6 is 0 Å². The van der Waals surface area contributed by atoms with Gasteiger partial charge in [-0.3, -0.25) is 25.7 Å². The molecule has 1 heterocycles. The maximum absolute atomic E-state index is 11.3. The van der Waals surface area contributed by atoms with E-state index in [2.05, 4.69) is 43.1 Å². The van der Waals surface area contributed by atoms with Crippen molar-refractivity contribution in [3.05, 3.63) is 61.7 Å². The number of benzene rings is 2. The number of nitrogens with one attached hydrogen (secondary N) is 1. The molecule has 2 aromatic rings. The van der Waals surface area contributed by atoms with Crippen LogP contribution in [0.1, 0.15) is 57.6 Å². The van der Waals surface area contributed by atoms with Crippen LogP contribution in [0.15, 0.2) is 35.4 Å². The predicted octanol–water partition coefficient (Wildman–Crippen LogP) is 5.46. The van der Waals surface area contributed by atoms with Crippen LogP contribution in [0.5, 0.6) is 5.75 Å². The van der Waals surface area contributed by atoms with E-state index in [9.17, 15) is 20.2 Å². The van der Waals surface area contributed by atoms with Crippen molar-refractivity contribution in [2.45, 2.75) is 52.0 Å². The minimum Gasteiger partial charge on any atom is -0.496 e. The van der Waals surface area contributed by atoms with Crippen molar-refractivity contribution in [3.63, 3.8) is 0 Å². The van der Waals surface area contributed by atoms with Crippen LogP contribution in [-0.4, -0.2) is 35.3 Å². The number of hydrazone groups is 1. The summed E-state index contributed by atoms with van der Waals surface area (Å²) >= 11 is 0. The van der Waals surface area contributed by atoms with Crippen molar-refractivity contribution in [2.24, 2.45) is 5.10 Å². The minimum absolute atomic E-state index is 0.0272. The van der Waals surface area contributed by atoms with Gasteiger partial charge in [-0.25, -0.2) is 0 Å². The highest BCUT2D eigenvalue weighted by molar-refractivity contribution is 5.87. The molecule has 3 rings (SSSR count). The number of hydrogen-bond donors (Lipinski definition) is 1. The molecule has 0 fully saturated rings. The van der Waals surface area contributed by atoms with Gasteiger partial charge in [0.2, 0.25) is 0 Å². The lowest BCUT2D eigenvalue weighted by molar-refractivity contribution is -0.393. The number of nitro benzene ring substituents is 2. The largest absolute Gasteiger partial charge is 0.496 e. The number of non-ortho nitro benzene ring substituents is 1. The number of nitrogens with zero attached hydrogens (tertiary/aromatic N) is 4. The summed E-state index contributed by atoms with van der Waals surface area (Å²) in [5.41, 5.74) is 5.01. The molecule has 1 atom stereocenters. The number of nitro groups is 2. The topological polar surface area (TPSA) is 123 Å². The van der Waals surface area contributed by atoms with Crippen molar-refractivity contribution in [1.82, 2.24) is 0 Å². The Morgan fingerprint density at radius 1 is 1.24 bits per heavy atom. The zero-order chi connectivity index (χ0) is 24.3. The second kappa shape index (κ2) is 9.43. The quantitative estimate of drug-likeness (QED) is 0.318. The number of methoxy groups -OCH3 is 1. The van der Waals surface area contributed by atoms with Gasteiger partial charge >= 0.3 is 5.69 Å². The first-order valence-electron chi connectivity index (χ1n) is 10.8. The molecule has 10 heteroatoms. The first-order chi connectivity index (χ1) is 15.6. The van der Waals surface area contributed by atoms with Gasteiger partial charge in [0, 0.05) is 35.5 Å². The van der Waals surface area contributed by atoms with E-state index in [1.807, 2.05) is 12.1 Å². The van der Waals surface area contributed by atoms with Crippen LogP contribution < -0.4 is 15.1 Å². The van der Waals surface area contributed by atoms with Crippen LogP contribution in [0.25, 0.3) is 0 Å². The van der Waals surface area contributed by atoms with Gasteiger partial charge in [-0.05, 0) is 50.3 Å². The third kappa shape index (κ3) is 4.89. The maximum atomic E-state index is 11.3. The van der Waals surface area contributed by atoms with E-state index in [4.69, 9.17) is 4.74 Å². The average Bonchev–Trinajstić information content (AvgIpc) is 2.75. The fourth-order valence-corrected chi connectivity index (χ4v) is 4.50. The number of anilines is 2. The Balaban J connectivity index is 1.95. The van der Waals surface area contributed by atoms with E-state index in [0.717, 1.165) is 36.7 Å². The Kier molecular flexibility index (Phi) is 6.85. The van der Waals surface area contributed by atoms with Crippen LogP contribution in [0.4, 0.5) is 22.7 Å². The first kappa shape index (κ1) is 24.0. The lowest BCUT2D eigenvalue weighted by Crippen LogP contribution is -2.48. The van der Waals surface area contributed by atoms with Gasteiger partial charge in [-0.2, -0.15) is 5.10 Å². The van der Waals surface area contributed by atoms with E-state index in [1.165, 1.54) is 17.7 Å². The summed E-state index contributed by atoms with van der Waals surface area (Å²) in [4.78, 5) is 23.3. The minimum atomic E-state index is -0.684. The third-order valence-corrected chi connectivity index (χ3v) is 5.96. The summed E-state index contributed by atoms with van der Waals surface area (Å²) < 4.78 is 5.62. The second-order valence-electron chi connectivity index (χ2n) is 8.81. The van der Waals surface area contributed by atoms with Gasteiger partial charge < -0.3 is 9.64 Å². The lowest BCUT2D eigenvalue weighted by Gasteiger charge is -2.47. The summed E-state index contributed by atoms with van der Waals surface area (Å²) in [6.45, 7) is 9.81. The van der Waals surface area contributed by atoms with Crippen molar-refractivity contribution >= 4 is 29.0 Å². The maximum Gasteiger partial charge on any atom is 0.301 e. The van der Waals surface area contributed by atoms with Crippen LogP contribution in [0.3, 0.4) is 0 Å². The summed E-state index contributed by atoms with van der Waals surface area (Å²) in [7, 11) is 1.59. The molecule has 0 radical (unpaired) electrons. The Labute approximate surface area is 192 Å². The highest BCUT2D eigenvalue weighted by atomic mass is 16.6. The molecule has 0 aliphatic carbocycles. The van der Waals surface area contributed by atoms with Gasteiger partial charge in [0.15, 0.2) is 0 Å². The first-order valence-corrected chi connectivity index (χ1v) is 10.8. The Morgan fingerprint density at radius 3 is 2.58 bits per heavy atom. The fourth-order valence-electron chi connectivity index (χ4n) is 4.50. The molecule has 0 spiro atoms. The molecule has 33 heavy (non-hydrogen) atoms. The molecule has 1 N–H and O–H groups in total. The van der Waals surface area contributed by atoms with Gasteiger partial charge in [0.1, 0.15) is 11.4 Å². The van der Waals surface area contributed by atoms with Gasteiger partial charge in [-0.15, -0.1) is 0 Å². The molecule has 1 aliphatic rings. The standard InChI is InChI=1S/C23H29N5O5/c1-6-9-26-20-12-22(33-5)16(10-18(20)15(2)13-23(26,3)4)14-24-25-19-8-7-17(27(29)30)11-21(19)28(31)32/h7-8,10-12,14-15,25H,6,9,13H2,1-5H3/b24-14-. The summed E-state index contributed by atoms with van der Waals surface area (Å²) in [6, 6.07) is 7.44. The third-order valence-electron chi connectivity index (χ3n) is 5.96. The van der Waals surface area contributed by atoms with Crippen molar-refractivity contribution in [3.8, 4) is 5.75 Å². The normalized spacial score (nSPS) is 17.0. The Morgan fingerprint density at radius 2 is 1.97 bits per heavy atom. The molecule has 0 saturated carbocycles. The van der Waals surface area contributed by atoms with Crippen LogP contribution in [0, 0.1) is 20.2 Å². The molecule has 176 valence electrons. The summed E-state index contributed by atoms with van der Waals surface area (Å²) in [5.74, 6) is 0.980. The van der Waals surface area contributed by atoms with E-state index in [-0.39, 0.29) is 16.9 Å². The van der Waals surface area contributed by atoms with Crippen molar-refractivity contribution in [1.29, 1.82) is 0 Å². The Hall–Kier alpha value is -3.69. The monoisotopic (exact) mass is 455 g/mol. The Bertz CT molecular complexity index is 1100. The van der Waals surface area contributed by atoms with E-state index < -0.39 is 15.5 Å². The highest BCUT2D eigenvalue weighted by Gasteiger charge is 2.36. The van der Waals surface area contributed by atoms with E-state index in [0.29, 0.717) is 11.7 Å². The van der Waals surface area contributed by atoms with Gasteiger partial charge in [-0.1, -0.05) is 13.8 Å². The molecule has 0 bridgehead atoms. The zero-order valence-corrected chi connectivity index (χ0v) is 19.5. The molecular weight excluding hydrogens is 426 g/mol. The number of fused-ring (bicyclic) bond motifs is 1. The average molecular weight is 456 g/mol. The molecule has 0 saturated heterocycles. The predicted molar refractivity (Wildman–Crippen MR) is 129 cm³/mol. The van der Waals surface area contributed by atoms with Gasteiger partial charge in [0.25, 0.3) is 5.69 Å². The number of ether oxygens (including phenoxy) is 1. The lowest BCUT2D eigenvalue weighted by atomic mass is 9.79. The molecule has 1 unspecified atom stereocenters. The molecular formula is C23H29N5O5. The van der Waals surface area contributed by atoms with Gasteiger partial charge in [0.05, 0.1) is 29.2 Å². The van der Waals surface area contributed by atoms with Crippen LogP contribution in [0.2, 0.25) is 0 Å². The SMILES string of the molecule is CCCN1c2cc(OC)c(/C=N\Nc3ccc([N+](=O)[O-])cc3[N+](=O)[O-])cc2C(C)CC1(C)C. The van der Waals surface area contributed by atoms with Crippen molar-refractivity contribution < 1.29 is 14.6 Å². The zero-order valence-electron chi connectivity index (χ0n) is 19.5. The van der Waals surface area contributed by atoms with Crippen LogP contribution in [-0.2, 0) is 0 Å². The van der Waals surface area contributed by atoms with E-state index >= 15 is 0 Å². The summed E-state index contributed by atoms with van der Waals surface area (Å²) in [5, 5.41) is 26.4. The molecule has 2 aromatic carbocycles. The molecule has 0 amide bonds.